The zero-order valence-electron chi connectivity index (χ0n) is 52.0. The smallest absolute Gasteiger partial charge is 0.163 e. The van der Waals surface area contributed by atoms with Crippen molar-refractivity contribution in [3.8, 4) is 101 Å². The molecule has 5 heteroatoms. The highest BCUT2D eigenvalue weighted by Gasteiger charge is 2.34. The van der Waals surface area contributed by atoms with Gasteiger partial charge < -0.3 is 18.1 Å². The molecule has 0 N–H and O–H groups in total. The van der Waals surface area contributed by atoms with E-state index in [1.807, 2.05) is 0 Å². The zero-order chi connectivity index (χ0) is 63.4. The number of para-hydroxylation sites is 1. The molecule has 19 rings (SSSR count). The number of rotatable bonds is 10. The Morgan fingerprint density at radius 3 is 0.781 bits per heavy atom. The molecule has 0 saturated carbocycles. The largest absolute Gasteiger partial charge is 0.453 e. The quantitative estimate of drug-likeness (QED) is 0.137. The molecular weight excluding hydrogens is 1170 g/mol. The van der Waals surface area contributed by atoms with Crippen molar-refractivity contribution in [1.29, 1.82) is 5.26 Å². The first-order valence-electron chi connectivity index (χ1n) is 32.7. The fourth-order valence-electron chi connectivity index (χ4n) is 15.2. The maximum absolute atomic E-state index is 13.2. The van der Waals surface area contributed by atoms with E-state index in [9.17, 15) is 5.26 Å². The lowest BCUT2D eigenvalue weighted by Crippen LogP contribution is -2.11. The number of hydrogen-bond donors (Lipinski definition) is 0. The second kappa shape index (κ2) is 22.1. The molecule has 19 aromatic rings. The topological polar surface area (TPSA) is 51.7 Å². The summed E-state index contributed by atoms with van der Waals surface area (Å²) in [5.74, 6) is 0. The van der Waals surface area contributed by atoms with Gasteiger partial charge in [-0.05, 0) is 145 Å². The molecule has 5 nitrogen and oxygen atoms in total. The van der Waals surface area contributed by atoms with Gasteiger partial charge in [0.25, 0.3) is 0 Å². The standard InChI is InChI=1S/C91H56N4O/c92-57-79-87(93-80-45-39-65(58-23-8-1-9-24-58)51-73(80)74-52-66(40-46-81(74)93)59-25-10-2-11-26-59)89(95-84-49-43-69(62-31-16-5-17-32-62)55-77(84)78-56-70(44-50-85(78)95)63-33-18-6-19-34-63)86-72-38-22-37-71(64-35-20-7-21-36-64)90(72)96-91(86)88(79)94-82-47-41-67(60-27-12-3-13-28-60)53-75(82)76-54-68(42-48-83(76)94)61-29-14-4-15-30-61/h1-56H. The summed E-state index contributed by atoms with van der Waals surface area (Å²) < 4.78 is 15.1. The van der Waals surface area contributed by atoms with Crippen LogP contribution in [0.1, 0.15) is 5.56 Å². The van der Waals surface area contributed by atoms with E-state index in [2.05, 4.69) is 359 Å². The van der Waals surface area contributed by atoms with Crippen molar-refractivity contribution >= 4 is 87.4 Å². The van der Waals surface area contributed by atoms with Crippen LogP contribution in [-0.2, 0) is 0 Å². The second-order valence-corrected chi connectivity index (χ2v) is 25.0. The van der Waals surface area contributed by atoms with Gasteiger partial charge in [0.2, 0.25) is 0 Å². The predicted molar refractivity (Wildman–Crippen MR) is 400 cm³/mol. The van der Waals surface area contributed by atoms with Crippen LogP contribution in [-0.4, -0.2) is 13.7 Å². The van der Waals surface area contributed by atoms with E-state index in [1.54, 1.807) is 0 Å². The zero-order valence-corrected chi connectivity index (χ0v) is 52.0. The fourth-order valence-corrected chi connectivity index (χ4v) is 15.2. The molecule has 0 aliphatic heterocycles. The lowest BCUT2D eigenvalue weighted by atomic mass is 9.98. The molecular formula is C91H56N4O. The summed E-state index contributed by atoms with van der Waals surface area (Å²) in [4.78, 5) is 0. The first-order valence-corrected chi connectivity index (χ1v) is 32.7. The summed E-state index contributed by atoms with van der Waals surface area (Å²) in [6, 6.07) is 125. The molecule has 0 aliphatic rings. The van der Waals surface area contributed by atoms with Crippen LogP contribution in [0.15, 0.2) is 344 Å². The number of benzene rings is 15. The van der Waals surface area contributed by atoms with Crippen LogP contribution in [0, 0.1) is 11.3 Å². The monoisotopic (exact) mass is 1220 g/mol. The number of fused-ring (bicyclic) bond motifs is 12. The average Bonchev–Trinajstić information content (AvgIpc) is 1.51. The molecule has 96 heavy (non-hydrogen) atoms. The Bertz CT molecular complexity index is 6050. The van der Waals surface area contributed by atoms with Crippen LogP contribution in [0.4, 0.5) is 0 Å². The summed E-state index contributed by atoms with van der Waals surface area (Å²) in [7, 11) is 0. The summed E-state index contributed by atoms with van der Waals surface area (Å²) in [5.41, 5.74) is 25.0. The Balaban J connectivity index is 1.04. The van der Waals surface area contributed by atoms with Gasteiger partial charge in [-0.25, -0.2) is 0 Å². The molecule has 0 saturated heterocycles. The Kier molecular flexibility index (Phi) is 12.6. The predicted octanol–water partition coefficient (Wildman–Crippen LogP) is 24.4. The molecule has 0 unspecified atom stereocenters. The van der Waals surface area contributed by atoms with Crippen LogP contribution in [0.2, 0.25) is 0 Å². The van der Waals surface area contributed by atoms with Crippen molar-refractivity contribution in [3.63, 3.8) is 0 Å². The van der Waals surface area contributed by atoms with Crippen molar-refractivity contribution in [2.45, 2.75) is 0 Å². The minimum absolute atomic E-state index is 0.450. The van der Waals surface area contributed by atoms with E-state index < -0.39 is 0 Å². The lowest BCUT2D eigenvalue weighted by molar-refractivity contribution is 0.667. The van der Waals surface area contributed by atoms with Crippen LogP contribution in [0.5, 0.6) is 0 Å². The third-order valence-corrected chi connectivity index (χ3v) is 19.7. The summed E-state index contributed by atoms with van der Waals surface area (Å²) in [5, 5.41) is 21.3. The number of furan rings is 1. The maximum Gasteiger partial charge on any atom is 0.163 e. The van der Waals surface area contributed by atoms with E-state index in [0.717, 1.165) is 171 Å². The van der Waals surface area contributed by atoms with Crippen LogP contribution < -0.4 is 0 Å². The van der Waals surface area contributed by atoms with Crippen LogP contribution >= 0.6 is 0 Å². The first kappa shape index (κ1) is 54.7. The van der Waals surface area contributed by atoms with E-state index in [0.29, 0.717) is 16.8 Å². The highest BCUT2D eigenvalue weighted by atomic mass is 16.3. The Morgan fingerprint density at radius 2 is 0.490 bits per heavy atom. The molecule has 0 fully saturated rings. The molecule has 4 heterocycles. The van der Waals surface area contributed by atoms with Gasteiger partial charge in [-0.1, -0.05) is 267 Å². The number of aromatic nitrogens is 3. The van der Waals surface area contributed by atoms with E-state index in [-0.39, 0.29) is 0 Å². The van der Waals surface area contributed by atoms with Gasteiger partial charge in [-0.15, -0.1) is 0 Å². The normalized spacial score (nSPS) is 11.7. The van der Waals surface area contributed by atoms with Crippen LogP contribution in [0.3, 0.4) is 0 Å². The highest BCUT2D eigenvalue weighted by molar-refractivity contribution is 6.23. The Morgan fingerprint density at radius 1 is 0.219 bits per heavy atom. The van der Waals surface area contributed by atoms with Gasteiger partial charge in [0.15, 0.2) is 5.58 Å². The molecule has 0 spiro atoms. The molecule has 4 aromatic heterocycles. The van der Waals surface area contributed by atoms with Crippen molar-refractivity contribution in [2.75, 3.05) is 0 Å². The van der Waals surface area contributed by atoms with Gasteiger partial charge in [0.05, 0.1) is 49.9 Å². The average molecular weight is 1220 g/mol. The maximum atomic E-state index is 13.2. The summed E-state index contributed by atoms with van der Waals surface area (Å²) in [6.07, 6.45) is 0. The van der Waals surface area contributed by atoms with E-state index in [1.165, 1.54) is 0 Å². The second-order valence-electron chi connectivity index (χ2n) is 25.0. The van der Waals surface area contributed by atoms with Gasteiger partial charge in [0, 0.05) is 43.3 Å². The number of hydrogen-bond acceptors (Lipinski definition) is 2. The molecule has 446 valence electrons. The van der Waals surface area contributed by atoms with Crippen molar-refractivity contribution in [3.05, 3.63) is 345 Å². The molecule has 0 radical (unpaired) electrons. The van der Waals surface area contributed by atoms with E-state index in [4.69, 9.17) is 4.42 Å². The summed E-state index contributed by atoms with van der Waals surface area (Å²) in [6.45, 7) is 0. The molecule has 15 aromatic carbocycles. The number of nitriles is 1. The van der Waals surface area contributed by atoms with Gasteiger partial charge in [0.1, 0.15) is 22.9 Å². The van der Waals surface area contributed by atoms with Crippen molar-refractivity contribution < 1.29 is 4.42 Å². The minimum atomic E-state index is 0.450. The molecule has 0 amide bonds. The third kappa shape index (κ3) is 8.63. The van der Waals surface area contributed by atoms with Crippen LogP contribution in [0.25, 0.3) is 182 Å². The lowest BCUT2D eigenvalue weighted by Gasteiger charge is -2.23. The van der Waals surface area contributed by atoms with Gasteiger partial charge in [-0.2, -0.15) is 5.26 Å². The first-order chi connectivity index (χ1) is 47.6. The minimum Gasteiger partial charge on any atom is -0.453 e. The number of nitrogens with zero attached hydrogens (tertiary/aromatic N) is 4. The van der Waals surface area contributed by atoms with E-state index >= 15 is 0 Å². The highest BCUT2D eigenvalue weighted by Crippen LogP contribution is 2.52. The Labute approximate surface area is 553 Å². The third-order valence-electron chi connectivity index (χ3n) is 19.7. The molecule has 0 aliphatic carbocycles. The van der Waals surface area contributed by atoms with Crippen molar-refractivity contribution in [2.24, 2.45) is 0 Å². The Hall–Kier alpha value is -13.0. The molecule has 0 atom stereocenters. The van der Waals surface area contributed by atoms with Gasteiger partial charge >= 0.3 is 0 Å². The summed E-state index contributed by atoms with van der Waals surface area (Å²) >= 11 is 0. The van der Waals surface area contributed by atoms with Crippen molar-refractivity contribution in [1.82, 2.24) is 13.7 Å². The SMILES string of the molecule is N#Cc1c(-n2c3ccc(-c4ccccc4)cc3c3cc(-c4ccccc4)ccc32)c(-n2c3ccc(-c4ccccc4)cc3c3cc(-c4ccccc4)ccc32)c2c(oc3c(-c4ccccc4)cccc32)c1-n1c2ccc(-c3ccccc3)cc2c2cc(-c3ccccc3)ccc21. The molecule has 0 bridgehead atoms. The van der Waals surface area contributed by atoms with Gasteiger partial charge in [-0.3, -0.25) is 0 Å². The fraction of sp³-hybridized carbons (Fsp3) is 0.